The molecule has 0 aliphatic heterocycles. The van der Waals surface area contributed by atoms with Gasteiger partial charge in [-0.25, -0.2) is 0 Å². The highest BCUT2D eigenvalue weighted by molar-refractivity contribution is 5.47. The van der Waals surface area contributed by atoms with Gasteiger partial charge >= 0.3 is 0 Å². The average molecular weight is 275 g/mol. The van der Waals surface area contributed by atoms with Gasteiger partial charge in [0.2, 0.25) is 0 Å². The van der Waals surface area contributed by atoms with E-state index in [9.17, 15) is 5.26 Å². The topological polar surface area (TPSA) is 50.8 Å². The zero-order valence-corrected chi connectivity index (χ0v) is 12.2. The Hall–Kier alpha value is -2.78. The Morgan fingerprint density at radius 3 is 2.33 bits per heavy atom. The molecule has 3 heteroatoms. The molecule has 0 amide bonds. The van der Waals surface area contributed by atoms with E-state index in [1.54, 1.807) is 6.07 Å². The second-order valence-corrected chi connectivity index (χ2v) is 5.18. The molecule has 0 fully saturated rings. The molecule has 0 radical (unpaired) electrons. The van der Waals surface area contributed by atoms with Crippen molar-refractivity contribution in [2.45, 2.75) is 12.3 Å². The van der Waals surface area contributed by atoms with E-state index < -0.39 is 0 Å². The molecule has 0 spiro atoms. The number of hydrogen-bond acceptors (Lipinski definition) is 3. The highest BCUT2D eigenvalue weighted by Crippen LogP contribution is 2.23. The van der Waals surface area contributed by atoms with Crippen LogP contribution < -0.4 is 4.90 Å². The summed E-state index contributed by atoms with van der Waals surface area (Å²) in [5.41, 5.74) is 3.76. The molecule has 1 unspecified atom stereocenters. The summed E-state index contributed by atoms with van der Waals surface area (Å²) in [6.07, 6.45) is 0.618. The monoisotopic (exact) mass is 275 g/mol. The van der Waals surface area contributed by atoms with Crippen LogP contribution in [-0.2, 0) is 6.42 Å². The van der Waals surface area contributed by atoms with Crippen molar-refractivity contribution in [3.05, 3.63) is 65.2 Å². The van der Waals surface area contributed by atoms with Crippen LogP contribution in [0.15, 0.2) is 48.5 Å². The van der Waals surface area contributed by atoms with Crippen molar-refractivity contribution < 1.29 is 0 Å². The van der Waals surface area contributed by atoms with Crippen LogP contribution in [0.1, 0.15) is 22.6 Å². The Balaban J connectivity index is 2.20. The van der Waals surface area contributed by atoms with E-state index in [4.69, 9.17) is 5.26 Å². The Labute approximate surface area is 125 Å². The molecule has 1 atom stereocenters. The first kappa shape index (κ1) is 14.6. The van der Waals surface area contributed by atoms with Crippen LogP contribution in [0.5, 0.6) is 0 Å². The second kappa shape index (κ2) is 6.59. The summed E-state index contributed by atoms with van der Waals surface area (Å²) >= 11 is 0. The highest BCUT2D eigenvalue weighted by atomic mass is 15.1. The van der Waals surface area contributed by atoms with Crippen LogP contribution in [0, 0.1) is 22.7 Å². The van der Waals surface area contributed by atoms with Crippen LogP contribution in [-0.4, -0.2) is 14.1 Å². The second-order valence-electron chi connectivity index (χ2n) is 5.18. The van der Waals surface area contributed by atoms with Gasteiger partial charge in [-0.3, -0.25) is 0 Å². The predicted octanol–water partition coefficient (Wildman–Crippen LogP) is 3.47. The summed E-state index contributed by atoms with van der Waals surface area (Å²) in [6, 6.07) is 20.0. The van der Waals surface area contributed by atoms with Crippen molar-refractivity contribution in [2.75, 3.05) is 19.0 Å². The lowest BCUT2D eigenvalue weighted by Gasteiger charge is -2.14. The summed E-state index contributed by atoms with van der Waals surface area (Å²) in [4.78, 5) is 2.03. The smallest absolute Gasteiger partial charge is 0.0991 e. The summed E-state index contributed by atoms with van der Waals surface area (Å²) in [5.74, 6) is -0.199. The maximum atomic E-state index is 9.42. The van der Waals surface area contributed by atoms with Crippen molar-refractivity contribution in [3.8, 4) is 12.1 Å². The van der Waals surface area contributed by atoms with E-state index in [0.717, 1.165) is 16.8 Å². The molecule has 0 N–H and O–H groups in total. The molecule has 3 nitrogen and oxygen atoms in total. The van der Waals surface area contributed by atoms with Crippen molar-refractivity contribution in [1.29, 1.82) is 10.5 Å². The minimum atomic E-state index is -0.199. The van der Waals surface area contributed by atoms with Gasteiger partial charge in [0.05, 0.1) is 23.6 Å². The zero-order valence-electron chi connectivity index (χ0n) is 12.2. The molecule has 0 aliphatic rings. The maximum Gasteiger partial charge on any atom is 0.0991 e. The molecule has 0 heterocycles. The van der Waals surface area contributed by atoms with Gasteiger partial charge in [0.1, 0.15) is 0 Å². The fourth-order valence-electron chi connectivity index (χ4n) is 2.25. The molecule has 104 valence electrons. The molecule has 2 aromatic carbocycles. The molecule has 2 rings (SSSR count). The van der Waals surface area contributed by atoms with Gasteiger partial charge in [0.15, 0.2) is 0 Å². The first-order valence-electron chi connectivity index (χ1n) is 6.80. The molecular weight excluding hydrogens is 258 g/mol. The summed E-state index contributed by atoms with van der Waals surface area (Å²) < 4.78 is 0. The quantitative estimate of drug-likeness (QED) is 0.858. The predicted molar refractivity (Wildman–Crippen MR) is 84.0 cm³/mol. The average Bonchev–Trinajstić information content (AvgIpc) is 2.53. The lowest BCUT2D eigenvalue weighted by atomic mass is 9.92. The van der Waals surface area contributed by atoms with E-state index in [1.165, 1.54) is 0 Å². The van der Waals surface area contributed by atoms with Gasteiger partial charge in [0.25, 0.3) is 0 Å². The third-order valence-corrected chi connectivity index (χ3v) is 3.46. The van der Waals surface area contributed by atoms with Gasteiger partial charge < -0.3 is 4.90 Å². The maximum absolute atomic E-state index is 9.42. The van der Waals surface area contributed by atoms with E-state index in [-0.39, 0.29) is 5.92 Å². The van der Waals surface area contributed by atoms with Crippen molar-refractivity contribution >= 4 is 5.69 Å². The first-order valence-corrected chi connectivity index (χ1v) is 6.80. The minimum absolute atomic E-state index is 0.199. The minimum Gasteiger partial charge on any atom is -0.378 e. The summed E-state index contributed by atoms with van der Waals surface area (Å²) in [5, 5.41) is 18.4. The lowest BCUT2D eigenvalue weighted by Crippen LogP contribution is -2.08. The van der Waals surface area contributed by atoms with Crippen LogP contribution in [0.4, 0.5) is 5.69 Å². The molecular formula is C18H17N3. The van der Waals surface area contributed by atoms with E-state index >= 15 is 0 Å². The van der Waals surface area contributed by atoms with Gasteiger partial charge in [-0.2, -0.15) is 10.5 Å². The molecule has 0 saturated carbocycles. The van der Waals surface area contributed by atoms with E-state index in [0.29, 0.717) is 12.0 Å². The molecule has 0 aliphatic carbocycles. The highest BCUT2D eigenvalue weighted by Gasteiger charge is 2.12. The summed E-state index contributed by atoms with van der Waals surface area (Å²) in [6.45, 7) is 0. The van der Waals surface area contributed by atoms with Gasteiger partial charge in [0, 0.05) is 19.8 Å². The van der Waals surface area contributed by atoms with Crippen LogP contribution in [0.3, 0.4) is 0 Å². The largest absolute Gasteiger partial charge is 0.378 e. The molecule has 2 aromatic rings. The molecule has 0 aromatic heterocycles. The molecule has 0 bridgehead atoms. The molecule has 21 heavy (non-hydrogen) atoms. The Morgan fingerprint density at radius 1 is 1.05 bits per heavy atom. The van der Waals surface area contributed by atoms with Crippen LogP contribution in [0.25, 0.3) is 0 Å². The van der Waals surface area contributed by atoms with Gasteiger partial charge in [-0.1, -0.05) is 24.3 Å². The van der Waals surface area contributed by atoms with Crippen molar-refractivity contribution in [1.82, 2.24) is 0 Å². The van der Waals surface area contributed by atoms with Crippen molar-refractivity contribution in [2.24, 2.45) is 0 Å². The van der Waals surface area contributed by atoms with E-state index in [2.05, 4.69) is 12.1 Å². The summed E-state index contributed by atoms with van der Waals surface area (Å²) in [7, 11) is 3.98. The van der Waals surface area contributed by atoms with Crippen LogP contribution in [0.2, 0.25) is 0 Å². The Bertz CT molecular complexity index is 688. The van der Waals surface area contributed by atoms with E-state index in [1.807, 2.05) is 61.5 Å². The number of nitrogens with zero attached hydrogens (tertiary/aromatic N) is 3. The lowest BCUT2D eigenvalue weighted by molar-refractivity contribution is 0.848. The van der Waals surface area contributed by atoms with Gasteiger partial charge in [-0.05, 0) is 41.8 Å². The standard InChI is InChI=1S/C18H17N3/c1-21(2)18-8-6-16(7-9-18)17(13-20)11-14-4-3-5-15(10-14)12-19/h3-10,17H,11H2,1-2H3. The fourth-order valence-corrected chi connectivity index (χ4v) is 2.25. The third-order valence-electron chi connectivity index (χ3n) is 3.46. The SMILES string of the molecule is CN(C)c1ccc(C(C#N)Cc2cccc(C#N)c2)cc1. The van der Waals surface area contributed by atoms with Crippen molar-refractivity contribution in [3.63, 3.8) is 0 Å². The van der Waals surface area contributed by atoms with Crippen LogP contribution >= 0.6 is 0 Å². The number of hydrogen-bond donors (Lipinski definition) is 0. The first-order chi connectivity index (χ1) is 10.1. The number of benzene rings is 2. The number of rotatable bonds is 4. The Morgan fingerprint density at radius 2 is 1.76 bits per heavy atom. The fraction of sp³-hybridized carbons (Fsp3) is 0.222. The Kier molecular flexibility index (Phi) is 4.59. The zero-order chi connectivity index (χ0) is 15.2. The van der Waals surface area contributed by atoms with Gasteiger partial charge in [-0.15, -0.1) is 0 Å². The third kappa shape index (κ3) is 3.61. The number of nitriles is 2. The number of anilines is 1. The normalized spacial score (nSPS) is 11.2. The molecule has 0 saturated heterocycles.